The molecule has 9 heteroatoms. The third kappa shape index (κ3) is 5.55. The van der Waals surface area contributed by atoms with E-state index in [1.54, 1.807) is 25.8 Å². The second kappa shape index (κ2) is 7.55. The molecule has 2 heterocycles. The molecular weight excluding hydrogens is 337 g/mol. The topological polar surface area (TPSA) is 67.3 Å². The first-order valence-corrected chi connectivity index (χ1v) is 8.20. The SMILES string of the molecule is CC(C)(C)C(=O)ON1CCCCC1CNc1nccc(C(F)(F)F)n1. The van der Waals surface area contributed by atoms with E-state index in [9.17, 15) is 18.0 Å². The number of carbonyl (C=O) groups is 1. The van der Waals surface area contributed by atoms with Gasteiger partial charge in [-0.25, -0.2) is 14.8 Å². The van der Waals surface area contributed by atoms with Crippen molar-refractivity contribution in [2.45, 2.75) is 52.3 Å². The molecule has 1 aliphatic rings. The fourth-order valence-corrected chi connectivity index (χ4v) is 2.35. The zero-order valence-electron chi connectivity index (χ0n) is 14.6. The van der Waals surface area contributed by atoms with Gasteiger partial charge in [-0.3, -0.25) is 0 Å². The summed E-state index contributed by atoms with van der Waals surface area (Å²) in [7, 11) is 0. The maximum atomic E-state index is 12.7. The molecule has 1 atom stereocenters. The van der Waals surface area contributed by atoms with Crippen LogP contribution < -0.4 is 5.32 Å². The highest BCUT2D eigenvalue weighted by molar-refractivity contribution is 5.75. The minimum Gasteiger partial charge on any atom is -0.367 e. The zero-order chi connectivity index (χ0) is 18.7. The van der Waals surface area contributed by atoms with E-state index < -0.39 is 17.3 Å². The lowest BCUT2D eigenvalue weighted by Gasteiger charge is -2.35. The van der Waals surface area contributed by atoms with E-state index in [1.807, 2.05) is 0 Å². The van der Waals surface area contributed by atoms with Crippen molar-refractivity contribution in [3.8, 4) is 0 Å². The maximum absolute atomic E-state index is 12.7. The highest BCUT2D eigenvalue weighted by Gasteiger charge is 2.33. The molecule has 140 valence electrons. The lowest BCUT2D eigenvalue weighted by molar-refractivity contribution is -0.215. The summed E-state index contributed by atoms with van der Waals surface area (Å²) in [6.45, 7) is 6.19. The molecule has 1 N–H and O–H groups in total. The van der Waals surface area contributed by atoms with Crippen molar-refractivity contribution in [3.63, 3.8) is 0 Å². The van der Waals surface area contributed by atoms with Crippen LogP contribution in [0, 0.1) is 5.41 Å². The van der Waals surface area contributed by atoms with Crippen molar-refractivity contribution in [3.05, 3.63) is 18.0 Å². The lowest BCUT2D eigenvalue weighted by atomic mass is 9.97. The molecule has 25 heavy (non-hydrogen) atoms. The van der Waals surface area contributed by atoms with E-state index in [0.717, 1.165) is 31.5 Å². The number of hydroxylamine groups is 2. The molecule has 0 radical (unpaired) electrons. The van der Waals surface area contributed by atoms with E-state index in [-0.39, 0.29) is 18.0 Å². The highest BCUT2D eigenvalue weighted by Crippen LogP contribution is 2.27. The van der Waals surface area contributed by atoms with Crippen molar-refractivity contribution < 1.29 is 22.8 Å². The molecule has 1 aliphatic heterocycles. The third-order valence-electron chi connectivity index (χ3n) is 3.83. The zero-order valence-corrected chi connectivity index (χ0v) is 14.6. The van der Waals surface area contributed by atoms with Crippen LogP contribution in [0.5, 0.6) is 0 Å². The number of alkyl halides is 3. The average Bonchev–Trinajstić information content (AvgIpc) is 2.52. The molecule has 1 aromatic heterocycles. The Bertz CT molecular complexity index is 602. The first-order valence-electron chi connectivity index (χ1n) is 8.20. The smallest absolute Gasteiger partial charge is 0.367 e. The molecule has 0 bridgehead atoms. The fourth-order valence-electron chi connectivity index (χ4n) is 2.35. The number of hydrogen-bond acceptors (Lipinski definition) is 6. The predicted molar refractivity (Wildman–Crippen MR) is 85.4 cm³/mol. The van der Waals surface area contributed by atoms with Crippen LogP contribution in [-0.2, 0) is 15.8 Å². The van der Waals surface area contributed by atoms with Gasteiger partial charge in [-0.15, -0.1) is 5.06 Å². The Labute approximate surface area is 144 Å². The number of hydrogen-bond donors (Lipinski definition) is 1. The van der Waals surface area contributed by atoms with Gasteiger partial charge in [0.25, 0.3) is 0 Å². The van der Waals surface area contributed by atoms with Crippen molar-refractivity contribution >= 4 is 11.9 Å². The standard InChI is InChI=1S/C16H23F3N4O2/c1-15(2,3)13(24)25-23-9-5-4-6-11(23)10-21-14-20-8-7-12(22-14)16(17,18)19/h7-8,11H,4-6,9-10H2,1-3H3,(H,20,21,22). The molecule has 0 aliphatic carbocycles. The van der Waals surface area contributed by atoms with E-state index in [4.69, 9.17) is 4.84 Å². The molecule has 0 amide bonds. The van der Waals surface area contributed by atoms with Gasteiger partial charge >= 0.3 is 12.1 Å². The molecule has 1 aromatic rings. The summed E-state index contributed by atoms with van der Waals surface area (Å²) in [6.07, 6.45) is -0.828. The van der Waals surface area contributed by atoms with Gasteiger partial charge < -0.3 is 10.2 Å². The van der Waals surface area contributed by atoms with E-state index in [0.29, 0.717) is 13.1 Å². The molecule has 1 saturated heterocycles. The van der Waals surface area contributed by atoms with Gasteiger partial charge in [-0.2, -0.15) is 13.2 Å². The van der Waals surface area contributed by atoms with Gasteiger partial charge in [0.05, 0.1) is 11.5 Å². The van der Waals surface area contributed by atoms with Gasteiger partial charge in [-0.1, -0.05) is 6.42 Å². The van der Waals surface area contributed by atoms with Crippen LogP contribution in [0.2, 0.25) is 0 Å². The number of rotatable bonds is 4. The van der Waals surface area contributed by atoms with Crippen LogP contribution in [-0.4, -0.2) is 40.1 Å². The fraction of sp³-hybridized carbons (Fsp3) is 0.688. The van der Waals surface area contributed by atoms with Crippen LogP contribution in [0.3, 0.4) is 0 Å². The number of carbonyl (C=O) groups excluding carboxylic acids is 1. The predicted octanol–water partition coefficient (Wildman–Crippen LogP) is 3.27. The van der Waals surface area contributed by atoms with E-state index in [1.165, 1.54) is 0 Å². The van der Waals surface area contributed by atoms with Crippen molar-refractivity contribution in [2.75, 3.05) is 18.4 Å². The van der Waals surface area contributed by atoms with Crippen LogP contribution in [0.15, 0.2) is 12.3 Å². The largest absolute Gasteiger partial charge is 0.433 e. The van der Waals surface area contributed by atoms with Gasteiger partial charge in [0.15, 0.2) is 0 Å². The second-order valence-corrected chi connectivity index (χ2v) is 7.06. The first kappa shape index (κ1) is 19.4. The number of aromatic nitrogens is 2. The first-order chi connectivity index (χ1) is 11.6. The summed E-state index contributed by atoms with van der Waals surface area (Å²) >= 11 is 0. The third-order valence-corrected chi connectivity index (χ3v) is 3.83. The number of piperidine rings is 1. The molecule has 1 unspecified atom stereocenters. The van der Waals surface area contributed by atoms with Gasteiger partial charge in [0.2, 0.25) is 5.95 Å². The van der Waals surface area contributed by atoms with E-state index in [2.05, 4.69) is 15.3 Å². The minimum absolute atomic E-state index is 0.0949. The van der Waals surface area contributed by atoms with Crippen molar-refractivity contribution in [1.82, 2.24) is 15.0 Å². The number of nitrogens with one attached hydrogen (secondary N) is 1. The van der Waals surface area contributed by atoms with Crippen LogP contribution in [0.25, 0.3) is 0 Å². The summed E-state index contributed by atoms with van der Waals surface area (Å²) in [5, 5.41) is 4.42. The molecule has 0 aromatic carbocycles. The monoisotopic (exact) mass is 360 g/mol. The summed E-state index contributed by atoms with van der Waals surface area (Å²) in [6, 6.07) is 0.682. The Balaban J connectivity index is 1.99. The summed E-state index contributed by atoms with van der Waals surface area (Å²) < 4.78 is 38.1. The van der Waals surface area contributed by atoms with Gasteiger partial charge in [-0.05, 0) is 39.7 Å². The Hall–Kier alpha value is -1.90. The van der Waals surface area contributed by atoms with Crippen molar-refractivity contribution in [2.24, 2.45) is 5.41 Å². The van der Waals surface area contributed by atoms with Crippen LogP contribution in [0.4, 0.5) is 19.1 Å². The lowest BCUT2D eigenvalue weighted by Crippen LogP contribution is -2.46. The maximum Gasteiger partial charge on any atom is 0.433 e. The molecule has 2 rings (SSSR count). The number of halogens is 3. The van der Waals surface area contributed by atoms with Crippen LogP contribution in [0.1, 0.15) is 45.7 Å². The molecular formula is C16H23F3N4O2. The van der Waals surface area contributed by atoms with E-state index >= 15 is 0 Å². The summed E-state index contributed by atoms with van der Waals surface area (Å²) in [5.41, 5.74) is -1.62. The Kier molecular flexibility index (Phi) is 5.87. The number of nitrogens with zero attached hydrogens (tertiary/aromatic N) is 3. The summed E-state index contributed by atoms with van der Waals surface area (Å²) in [4.78, 5) is 24.8. The molecule has 0 saturated carbocycles. The molecule has 1 fully saturated rings. The Morgan fingerprint density at radius 2 is 2.08 bits per heavy atom. The highest BCUT2D eigenvalue weighted by atomic mass is 19.4. The Morgan fingerprint density at radius 1 is 1.36 bits per heavy atom. The molecule has 0 spiro atoms. The minimum atomic E-state index is -4.52. The average molecular weight is 360 g/mol. The number of anilines is 1. The van der Waals surface area contributed by atoms with Crippen LogP contribution >= 0.6 is 0 Å². The molecule has 6 nitrogen and oxygen atoms in total. The van der Waals surface area contributed by atoms with Gasteiger partial charge in [0, 0.05) is 19.3 Å². The van der Waals surface area contributed by atoms with Gasteiger partial charge in [0.1, 0.15) is 5.69 Å². The normalized spacial score (nSPS) is 19.5. The Morgan fingerprint density at radius 3 is 2.72 bits per heavy atom. The quantitative estimate of drug-likeness (QED) is 0.889. The van der Waals surface area contributed by atoms with Crippen molar-refractivity contribution in [1.29, 1.82) is 0 Å². The summed E-state index contributed by atoms with van der Waals surface area (Å²) in [5.74, 6) is -0.433. The second-order valence-electron chi connectivity index (χ2n) is 7.06.